The molecule has 0 radical (unpaired) electrons. The smallest absolute Gasteiger partial charge is 0.240 e. The molecule has 0 aromatic heterocycles. The third-order valence-corrected chi connectivity index (χ3v) is 5.87. The van der Waals surface area contributed by atoms with Crippen molar-refractivity contribution in [3.63, 3.8) is 0 Å². The van der Waals surface area contributed by atoms with Gasteiger partial charge in [0.25, 0.3) is 0 Å². The summed E-state index contributed by atoms with van der Waals surface area (Å²) in [4.78, 5) is 14.3. The van der Waals surface area contributed by atoms with E-state index in [9.17, 15) is 13.2 Å². The van der Waals surface area contributed by atoms with Gasteiger partial charge in [0.15, 0.2) is 0 Å². The Morgan fingerprint density at radius 2 is 1.92 bits per heavy atom. The van der Waals surface area contributed by atoms with Gasteiger partial charge in [-0.25, -0.2) is 13.1 Å². The third-order valence-electron chi connectivity index (χ3n) is 4.17. The molecule has 1 aromatic rings. The number of nitrogens with one attached hydrogen (secondary N) is 2. The van der Waals surface area contributed by atoms with Crippen molar-refractivity contribution in [2.24, 2.45) is 0 Å². The second-order valence-corrected chi connectivity index (χ2v) is 8.41. The summed E-state index contributed by atoms with van der Waals surface area (Å²) < 4.78 is 26.6. The number of hydrogen-bond acceptors (Lipinski definition) is 4. The number of nitrogens with zero attached hydrogens (tertiary/aromatic N) is 1. The Morgan fingerprint density at radius 3 is 2.64 bits per heavy atom. The lowest BCUT2D eigenvalue weighted by atomic mass is 10.1. The molecule has 140 valence electrons. The van der Waals surface area contributed by atoms with Crippen molar-refractivity contribution in [2.75, 3.05) is 32.7 Å². The van der Waals surface area contributed by atoms with Crippen LogP contribution in [0.1, 0.15) is 32.1 Å². The molecule has 25 heavy (non-hydrogen) atoms. The van der Waals surface area contributed by atoms with Crippen molar-refractivity contribution < 1.29 is 13.2 Å². The van der Waals surface area contributed by atoms with Crippen LogP contribution in [0.5, 0.6) is 0 Å². The van der Waals surface area contributed by atoms with E-state index >= 15 is 0 Å². The first kappa shape index (κ1) is 20.2. The molecule has 6 nitrogen and oxygen atoms in total. The fraction of sp³-hybridized carbons (Fsp3) is 0.588. The first-order valence-corrected chi connectivity index (χ1v) is 10.6. The van der Waals surface area contributed by atoms with E-state index in [2.05, 4.69) is 14.9 Å². The molecule has 2 rings (SSSR count). The highest BCUT2D eigenvalue weighted by Gasteiger charge is 2.14. The molecule has 1 aromatic carbocycles. The van der Waals surface area contributed by atoms with Crippen LogP contribution >= 0.6 is 11.6 Å². The van der Waals surface area contributed by atoms with Gasteiger partial charge in [0.05, 0.1) is 4.90 Å². The molecule has 1 amide bonds. The van der Waals surface area contributed by atoms with Crippen LogP contribution in [0.3, 0.4) is 0 Å². The highest BCUT2D eigenvalue weighted by molar-refractivity contribution is 7.89. The summed E-state index contributed by atoms with van der Waals surface area (Å²) >= 11 is 5.80. The van der Waals surface area contributed by atoms with Crippen LogP contribution in [0.4, 0.5) is 0 Å². The summed E-state index contributed by atoms with van der Waals surface area (Å²) in [6, 6.07) is 6.03. The number of rotatable bonds is 9. The van der Waals surface area contributed by atoms with E-state index in [1.54, 1.807) is 12.1 Å². The van der Waals surface area contributed by atoms with E-state index in [1.165, 1.54) is 31.4 Å². The maximum atomic E-state index is 12.1. The van der Waals surface area contributed by atoms with Crippen LogP contribution in [0.15, 0.2) is 29.2 Å². The number of carbonyl (C=O) groups is 1. The summed E-state index contributed by atoms with van der Waals surface area (Å²) in [5, 5.41) is 3.19. The van der Waals surface area contributed by atoms with Crippen molar-refractivity contribution in [2.45, 2.75) is 37.0 Å². The number of sulfonamides is 1. The molecular weight excluding hydrogens is 362 g/mol. The van der Waals surface area contributed by atoms with Crippen molar-refractivity contribution in [3.8, 4) is 0 Å². The van der Waals surface area contributed by atoms with Crippen LogP contribution in [0, 0.1) is 0 Å². The van der Waals surface area contributed by atoms with E-state index < -0.39 is 10.0 Å². The second kappa shape index (κ2) is 10.1. The predicted octanol–water partition coefficient (Wildman–Crippen LogP) is 2.00. The van der Waals surface area contributed by atoms with Crippen molar-refractivity contribution in [1.82, 2.24) is 14.9 Å². The number of carbonyl (C=O) groups excluding carboxylic acids is 1. The molecule has 0 saturated carbocycles. The van der Waals surface area contributed by atoms with E-state index in [1.807, 2.05) is 0 Å². The van der Waals surface area contributed by atoms with Crippen LogP contribution in [-0.2, 0) is 14.8 Å². The van der Waals surface area contributed by atoms with Gasteiger partial charge in [0.2, 0.25) is 15.9 Å². The maximum Gasteiger partial charge on any atom is 0.240 e. The van der Waals surface area contributed by atoms with Gasteiger partial charge in [0, 0.05) is 24.5 Å². The van der Waals surface area contributed by atoms with Crippen molar-refractivity contribution in [1.29, 1.82) is 0 Å². The van der Waals surface area contributed by atoms with E-state index in [4.69, 9.17) is 11.6 Å². The Hall–Kier alpha value is -1.15. The zero-order chi connectivity index (χ0) is 18.1. The normalized spacial score (nSPS) is 15.9. The van der Waals surface area contributed by atoms with E-state index in [0.29, 0.717) is 11.6 Å². The van der Waals surface area contributed by atoms with Gasteiger partial charge >= 0.3 is 0 Å². The molecule has 1 fully saturated rings. The number of likely N-dealkylation sites (tertiary alicyclic amines) is 1. The Balaban J connectivity index is 1.61. The molecule has 1 aliphatic rings. The molecule has 2 N–H and O–H groups in total. The Morgan fingerprint density at radius 1 is 1.16 bits per heavy atom. The summed E-state index contributed by atoms with van der Waals surface area (Å²) in [5.74, 6) is -0.146. The Bertz CT molecular complexity index is 661. The predicted molar refractivity (Wildman–Crippen MR) is 99.2 cm³/mol. The fourth-order valence-electron chi connectivity index (χ4n) is 2.82. The van der Waals surface area contributed by atoms with Crippen molar-refractivity contribution >= 4 is 27.5 Å². The Labute approximate surface area is 155 Å². The minimum absolute atomic E-state index is 0.0623. The Kier molecular flexibility index (Phi) is 8.15. The van der Waals surface area contributed by atoms with Gasteiger partial charge in [-0.05, 0) is 57.1 Å². The summed E-state index contributed by atoms with van der Waals surface area (Å²) in [7, 11) is -3.64. The number of halogens is 1. The zero-order valence-corrected chi connectivity index (χ0v) is 15.9. The standard InChI is InChI=1S/C17H26ClN3O3S/c18-15-6-4-7-16(14-15)25(23,24)20-10-8-17(22)19-9-5-13-21-11-2-1-3-12-21/h4,6-7,14,20H,1-3,5,8-13H2,(H,19,22). The lowest BCUT2D eigenvalue weighted by Gasteiger charge is -2.26. The fourth-order valence-corrected chi connectivity index (χ4v) is 4.15. The molecule has 0 spiro atoms. The van der Waals surface area contributed by atoms with Gasteiger partial charge in [-0.3, -0.25) is 4.79 Å². The summed E-state index contributed by atoms with van der Waals surface area (Å²) in [5.41, 5.74) is 0. The average Bonchev–Trinajstić information content (AvgIpc) is 2.59. The summed E-state index contributed by atoms with van der Waals surface area (Å²) in [6.07, 6.45) is 4.88. The second-order valence-electron chi connectivity index (χ2n) is 6.21. The number of benzene rings is 1. The number of piperidine rings is 1. The first-order valence-electron chi connectivity index (χ1n) is 8.72. The molecule has 0 atom stereocenters. The van der Waals surface area contributed by atoms with Crippen LogP contribution in [0.2, 0.25) is 5.02 Å². The van der Waals surface area contributed by atoms with E-state index in [0.717, 1.165) is 26.1 Å². The average molecular weight is 388 g/mol. The molecule has 8 heteroatoms. The van der Waals surface area contributed by atoms with E-state index in [-0.39, 0.29) is 23.8 Å². The zero-order valence-electron chi connectivity index (χ0n) is 14.3. The SMILES string of the molecule is O=C(CCNS(=O)(=O)c1cccc(Cl)c1)NCCCN1CCCCC1. The minimum Gasteiger partial charge on any atom is -0.356 e. The lowest BCUT2D eigenvalue weighted by molar-refractivity contribution is -0.120. The molecule has 0 unspecified atom stereocenters. The van der Waals surface area contributed by atoms with Gasteiger partial charge in [-0.2, -0.15) is 0 Å². The molecule has 1 heterocycles. The third kappa shape index (κ3) is 7.32. The number of hydrogen-bond donors (Lipinski definition) is 2. The van der Waals surface area contributed by atoms with Crippen LogP contribution in [-0.4, -0.2) is 51.9 Å². The van der Waals surface area contributed by atoms with Crippen LogP contribution in [0.25, 0.3) is 0 Å². The monoisotopic (exact) mass is 387 g/mol. The summed E-state index contributed by atoms with van der Waals surface area (Å²) in [6.45, 7) is 3.99. The molecular formula is C17H26ClN3O3S. The molecule has 1 aliphatic heterocycles. The van der Waals surface area contributed by atoms with Gasteiger partial charge in [-0.1, -0.05) is 24.1 Å². The maximum absolute atomic E-state index is 12.1. The highest BCUT2D eigenvalue weighted by Crippen LogP contribution is 2.15. The highest BCUT2D eigenvalue weighted by atomic mass is 35.5. The number of amides is 1. The minimum atomic E-state index is -3.64. The van der Waals surface area contributed by atoms with Gasteiger partial charge in [0.1, 0.15) is 0 Å². The molecule has 0 aliphatic carbocycles. The first-order chi connectivity index (χ1) is 12.0. The van der Waals surface area contributed by atoms with Gasteiger partial charge in [-0.15, -0.1) is 0 Å². The quantitative estimate of drug-likeness (QED) is 0.635. The van der Waals surface area contributed by atoms with Gasteiger partial charge < -0.3 is 10.2 Å². The molecule has 1 saturated heterocycles. The molecule has 0 bridgehead atoms. The largest absolute Gasteiger partial charge is 0.356 e. The lowest BCUT2D eigenvalue weighted by Crippen LogP contribution is -2.34. The van der Waals surface area contributed by atoms with Crippen LogP contribution < -0.4 is 10.0 Å². The topological polar surface area (TPSA) is 78.5 Å². The van der Waals surface area contributed by atoms with Crippen molar-refractivity contribution in [3.05, 3.63) is 29.3 Å².